The highest BCUT2D eigenvalue weighted by Gasteiger charge is 2.07. The van der Waals surface area contributed by atoms with E-state index in [0.29, 0.717) is 12.2 Å². The molecule has 0 unspecified atom stereocenters. The van der Waals surface area contributed by atoms with Crippen molar-refractivity contribution in [1.29, 1.82) is 0 Å². The van der Waals surface area contributed by atoms with Crippen LogP contribution in [0.2, 0.25) is 0 Å². The molecule has 0 amide bonds. The quantitative estimate of drug-likeness (QED) is 0.266. The van der Waals surface area contributed by atoms with Gasteiger partial charge in [0, 0.05) is 29.4 Å². The van der Waals surface area contributed by atoms with E-state index in [0.717, 1.165) is 6.08 Å². The van der Waals surface area contributed by atoms with Gasteiger partial charge in [0.15, 0.2) is 0 Å². The summed E-state index contributed by atoms with van der Waals surface area (Å²) in [6, 6.07) is 0. The lowest BCUT2D eigenvalue weighted by Crippen LogP contribution is -2.10. The van der Waals surface area contributed by atoms with Crippen molar-refractivity contribution < 1.29 is 44.0 Å². The fourth-order valence-corrected chi connectivity index (χ4v) is 0.352. The smallest absolute Gasteiger partial charge is 0.340 e. The largest absolute Gasteiger partial charge is 0.478 e. The van der Waals surface area contributed by atoms with Crippen molar-refractivity contribution in [2.24, 2.45) is 0 Å². The van der Waals surface area contributed by atoms with Crippen molar-refractivity contribution in [3.8, 4) is 0 Å². The Morgan fingerprint density at radius 1 is 0.750 bits per heavy atom. The van der Waals surface area contributed by atoms with Gasteiger partial charge in [0.25, 0.3) is 0 Å². The molecule has 154 valence electrons. The van der Waals surface area contributed by atoms with Crippen LogP contribution in [0.4, 0.5) is 0 Å². The van der Waals surface area contributed by atoms with Gasteiger partial charge in [-0.25, -0.2) is 24.0 Å². The molecule has 0 aliphatic carbocycles. The van der Waals surface area contributed by atoms with Crippen LogP contribution in [0.5, 0.6) is 0 Å². The lowest BCUT2D eigenvalue weighted by Gasteiger charge is -1.96. The van der Waals surface area contributed by atoms with Crippen LogP contribution in [-0.2, 0) is 28.7 Å². The molecule has 0 aliphatic heterocycles. The van der Waals surface area contributed by atoms with Crippen LogP contribution < -0.4 is 0 Å². The van der Waals surface area contributed by atoms with E-state index in [9.17, 15) is 24.0 Å². The molecule has 0 rings (SSSR count). The SMILES string of the molecule is C=C(C)C(=O)O.C=C(C)C(=O)OC(=O)/C=C\C(=O)O.C=CC(=O)O.C=CC=C. The Bertz CT molecular complexity index is 634. The van der Waals surface area contributed by atoms with Gasteiger partial charge in [-0.3, -0.25) is 0 Å². The predicted octanol–water partition coefficient (Wildman–Crippen LogP) is 2.54. The number of ether oxygens (including phenoxy) is 1. The monoisotopic (exact) mass is 396 g/mol. The predicted molar refractivity (Wildman–Crippen MR) is 103 cm³/mol. The van der Waals surface area contributed by atoms with Crippen molar-refractivity contribution in [3.05, 3.63) is 74.4 Å². The van der Waals surface area contributed by atoms with Crippen LogP contribution in [0.25, 0.3) is 0 Å². The third kappa shape index (κ3) is 37.9. The van der Waals surface area contributed by atoms with Gasteiger partial charge in [0.1, 0.15) is 0 Å². The van der Waals surface area contributed by atoms with E-state index >= 15 is 0 Å². The zero-order valence-corrected chi connectivity index (χ0v) is 15.7. The third-order valence-corrected chi connectivity index (χ3v) is 1.61. The Morgan fingerprint density at radius 2 is 1.11 bits per heavy atom. The molecule has 0 aromatic carbocycles. The van der Waals surface area contributed by atoms with E-state index in [-0.39, 0.29) is 11.1 Å². The molecule has 28 heavy (non-hydrogen) atoms. The molecule has 0 saturated carbocycles. The third-order valence-electron chi connectivity index (χ3n) is 1.61. The lowest BCUT2D eigenvalue weighted by molar-refractivity contribution is -0.153. The first-order chi connectivity index (χ1) is 12.8. The number of hydrogen-bond acceptors (Lipinski definition) is 6. The Kier molecular flexibility index (Phi) is 23.8. The summed E-state index contributed by atoms with van der Waals surface area (Å²) in [6.45, 7) is 18.9. The van der Waals surface area contributed by atoms with Crippen LogP contribution in [0, 0.1) is 0 Å². The summed E-state index contributed by atoms with van der Waals surface area (Å²) in [6.07, 6.45) is 5.33. The summed E-state index contributed by atoms with van der Waals surface area (Å²) in [5.74, 6) is -5.12. The summed E-state index contributed by atoms with van der Waals surface area (Å²) >= 11 is 0. The topological polar surface area (TPSA) is 155 Å². The molecule has 0 heterocycles. The first kappa shape index (κ1) is 31.7. The second-order valence-electron chi connectivity index (χ2n) is 4.26. The van der Waals surface area contributed by atoms with Gasteiger partial charge in [-0.1, -0.05) is 45.0 Å². The summed E-state index contributed by atoms with van der Waals surface area (Å²) in [7, 11) is 0. The standard InChI is InChI=1S/C8H8O5.C4H6O2.C4H6.C3H4O2/c1-5(2)8(12)13-7(11)4-3-6(9)10;1-3(2)4(5)6;1-3-4-2;1-2-3(4)5/h3-4H,1H2,2H3,(H,9,10);1H2,2H3,(H,5,6);3-4H,1-2H2;2H,1H2,(H,4,5)/b4-3-;;;. The first-order valence-corrected chi connectivity index (χ1v) is 7.06. The van der Waals surface area contributed by atoms with Crippen molar-refractivity contribution >= 4 is 29.8 Å². The fraction of sp³-hybridized carbons (Fsp3) is 0.105. The lowest BCUT2D eigenvalue weighted by atomic mass is 10.4. The molecule has 0 radical (unpaired) electrons. The zero-order chi connectivity index (χ0) is 23.3. The van der Waals surface area contributed by atoms with Crippen molar-refractivity contribution in [1.82, 2.24) is 0 Å². The van der Waals surface area contributed by atoms with E-state index in [1.807, 2.05) is 0 Å². The van der Waals surface area contributed by atoms with Gasteiger partial charge in [0.2, 0.25) is 0 Å². The van der Waals surface area contributed by atoms with Crippen LogP contribution in [-0.4, -0.2) is 45.2 Å². The number of allylic oxidation sites excluding steroid dienone is 2. The minimum absolute atomic E-state index is 0.0667. The Hall–Kier alpha value is -4.01. The van der Waals surface area contributed by atoms with E-state index in [4.69, 9.17) is 15.3 Å². The summed E-state index contributed by atoms with van der Waals surface area (Å²) in [5.41, 5.74) is 0.243. The minimum Gasteiger partial charge on any atom is -0.478 e. The van der Waals surface area contributed by atoms with E-state index in [2.05, 4.69) is 37.6 Å². The molecule has 3 N–H and O–H groups in total. The normalized spacial score (nSPS) is 7.93. The van der Waals surface area contributed by atoms with Gasteiger partial charge < -0.3 is 20.1 Å². The number of carboxylic acid groups (broad SMARTS) is 3. The number of hydrogen-bond donors (Lipinski definition) is 3. The van der Waals surface area contributed by atoms with Crippen molar-refractivity contribution in [3.63, 3.8) is 0 Å². The minimum atomic E-state index is -1.29. The Labute approximate surface area is 162 Å². The zero-order valence-electron chi connectivity index (χ0n) is 15.7. The summed E-state index contributed by atoms with van der Waals surface area (Å²) < 4.78 is 4.13. The van der Waals surface area contributed by atoms with Gasteiger partial charge >= 0.3 is 29.8 Å². The molecule has 0 saturated heterocycles. The fourth-order valence-electron chi connectivity index (χ4n) is 0.352. The molecule has 0 bridgehead atoms. The first-order valence-electron chi connectivity index (χ1n) is 7.06. The average molecular weight is 396 g/mol. The maximum Gasteiger partial charge on any atom is 0.340 e. The van der Waals surface area contributed by atoms with E-state index in [1.165, 1.54) is 13.8 Å². The van der Waals surface area contributed by atoms with Crippen molar-refractivity contribution in [2.45, 2.75) is 13.8 Å². The second kappa shape index (κ2) is 21.0. The average Bonchev–Trinajstić information content (AvgIpc) is 2.60. The second-order valence-corrected chi connectivity index (χ2v) is 4.26. The molecule has 0 atom stereocenters. The number of carboxylic acids is 3. The maximum atomic E-state index is 10.7. The molecule has 0 spiro atoms. The van der Waals surface area contributed by atoms with Gasteiger partial charge in [-0.2, -0.15) is 0 Å². The highest BCUT2D eigenvalue weighted by Crippen LogP contribution is 1.93. The number of esters is 2. The molecule has 0 aromatic rings. The number of rotatable bonds is 6. The van der Waals surface area contributed by atoms with Crippen LogP contribution >= 0.6 is 0 Å². The number of aliphatic carboxylic acids is 3. The highest BCUT2D eigenvalue weighted by atomic mass is 16.6. The molecule has 9 nitrogen and oxygen atoms in total. The van der Waals surface area contributed by atoms with Gasteiger partial charge in [-0.05, 0) is 13.8 Å². The van der Waals surface area contributed by atoms with E-state index in [1.54, 1.807) is 12.2 Å². The maximum absolute atomic E-state index is 10.7. The van der Waals surface area contributed by atoms with Crippen LogP contribution in [0.3, 0.4) is 0 Å². The molecule has 0 aromatic heterocycles. The summed E-state index contributed by atoms with van der Waals surface area (Å²) in [4.78, 5) is 50.1. The number of carbonyl (C=O) groups excluding carboxylic acids is 2. The molecule has 0 fully saturated rings. The Morgan fingerprint density at radius 3 is 1.29 bits per heavy atom. The van der Waals surface area contributed by atoms with Crippen LogP contribution in [0.15, 0.2) is 74.4 Å². The Balaban J connectivity index is -0.000000159. The van der Waals surface area contributed by atoms with Gasteiger partial charge in [-0.15, -0.1) is 0 Å². The van der Waals surface area contributed by atoms with E-state index < -0.39 is 29.8 Å². The molecular formula is C19H24O9. The molecule has 9 heteroatoms. The molecule has 0 aliphatic rings. The molecular weight excluding hydrogens is 372 g/mol. The van der Waals surface area contributed by atoms with Crippen molar-refractivity contribution in [2.75, 3.05) is 0 Å². The summed E-state index contributed by atoms with van der Waals surface area (Å²) in [5, 5.41) is 23.6. The number of carbonyl (C=O) groups is 5. The van der Waals surface area contributed by atoms with Crippen LogP contribution in [0.1, 0.15) is 13.8 Å². The van der Waals surface area contributed by atoms with Gasteiger partial charge in [0.05, 0.1) is 0 Å². The highest BCUT2D eigenvalue weighted by molar-refractivity contribution is 6.00.